The summed E-state index contributed by atoms with van der Waals surface area (Å²) in [6.45, 7) is 11.0. The van der Waals surface area contributed by atoms with Crippen molar-refractivity contribution in [3.8, 4) is 11.3 Å². The van der Waals surface area contributed by atoms with Crippen molar-refractivity contribution in [2.75, 3.05) is 7.05 Å². The summed E-state index contributed by atoms with van der Waals surface area (Å²) in [5, 5.41) is 3.28. The Labute approximate surface area is 171 Å². The smallest absolute Gasteiger partial charge is 0.132 e. The summed E-state index contributed by atoms with van der Waals surface area (Å²) in [4.78, 5) is 10.6. The van der Waals surface area contributed by atoms with Gasteiger partial charge in [-0.25, -0.2) is 4.39 Å². The lowest BCUT2D eigenvalue weighted by Gasteiger charge is -2.14. The molecule has 0 saturated heterocycles. The molecule has 0 fully saturated rings. The summed E-state index contributed by atoms with van der Waals surface area (Å²) in [5.41, 5.74) is 5.63. The van der Waals surface area contributed by atoms with Gasteiger partial charge in [0.1, 0.15) is 5.82 Å². The second-order valence-corrected chi connectivity index (χ2v) is 6.98. The summed E-state index contributed by atoms with van der Waals surface area (Å²) in [6, 6.07) is 12.9. The van der Waals surface area contributed by atoms with Crippen molar-refractivity contribution in [3.63, 3.8) is 0 Å². The maximum Gasteiger partial charge on any atom is 0.132 e. The lowest BCUT2D eigenvalue weighted by molar-refractivity contribution is 0.451. The quantitative estimate of drug-likeness (QED) is 0.594. The van der Waals surface area contributed by atoms with Gasteiger partial charge in [0.2, 0.25) is 0 Å². The van der Waals surface area contributed by atoms with Gasteiger partial charge >= 0.3 is 0 Å². The topological polar surface area (TPSA) is 41.0 Å². The van der Waals surface area contributed by atoms with E-state index in [2.05, 4.69) is 28.4 Å². The molecule has 0 unspecified atom stereocenters. The monoisotopic (exact) mass is 388 g/mol. The van der Waals surface area contributed by atoms with Crippen LogP contribution < -0.4 is 5.32 Å². The van der Waals surface area contributed by atoms with E-state index in [1.54, 1.807) is 24.5 Å². The van der Waals surface area contributed by atoms with Crippen molar-refractivity contribution < 1.29 is 4.39 Å². The standard InChI is InChI=1S/C24H25FN4/c1-5-29(4)16-19-8-10-22(23(25)12-19)24-11-9-21(15-28-24)18(3)27-14-20-7-6-17(2)26-13-20/h5-13,15,27H,1,3,14,16H2,2,4H3. The van der Waals surface area contributed by atoms with Gasteiger partial charge in [-0.1, -0.05) is 25.3 Å². The summed E-state index contributed by atoms with van der Waals surface area (Å²) >= 11 is 0. The van der Waals surface area contributed by atoms with E-state index in [0.717, 1.165) is 28.1 Å². The van der Waals surface area contributed by atoms with Crippen LogP contribution in [0.4, 0.5) is 4.39 Å². The predicted octanol–water partition coefficient (Wildman–Crippen LogP) is 4.93. The lowest BCUT2D eigenvalue weighted by Crippen LogP contribution is -2.11. The molecule has 3 rings (SSSR count). The minimum Gasteiger partial charge on any atom is -0.381 e. The maximum absolute atomic E-state index is 14.6. The summed E-state index contributed by atoms with van der Waals surface area (Å²) in [6.07, 6.45) is 5.26. The van der Waals surface area contributed by atoms with Crippen molar-refractivity contribution >= 4 is 5.70 Å². The molecule has 0 atom stereocenters. The third kappa shape index (κ3) is 5.29. The summed E-state index contributed by atoms with van der Waals surface area (Å²) in [7, 11) is 1.90. The van der Waals surface area contributed by atoms with Crippen LogP contribution in [0, 0.1) is 12.7 Å². The van der Waals surface area contributed by atoms with Gasteiger partial charge in [0.05, 0.1) is 5.69 Å². The van der Waals surface area contributed by atoms with Gasteiger partial charge in [-0.05, 0) is 54.6 Å². The number of aryl methyl sites for hydroxylation is 1. The molecule has 0 amide bonds. The molecule has 0 saturated carbocycles. The first-order valence-electron chi connectivity index (χ1n) is 9.38. The van der Waals surface area contributed by atoms with E-state index in [4.69, 9.17) is 0 Å². The van der Waals surface area contributed by atoms with Crippen molar-refractivity contribution in [1.29, 1.82) is 0 Å². The van der Waals surface area contributed by atoms with E-state index in [0.29, 0.717) is 24.3 Å². The van der Waals surface area contributed by atoms with Crippen LogP contribution in [0.1, 0.15) is 22.4 Å². The number of rotatable bonds is 8. The SMILES string of the molecule is C=CN(C)Cc1ccc(-c2ccc(C(=C)NCc3ccc(C)nc3)cn2)c(F)c1. The zero-order chi connectivity index (χ0) is 20.8. The van der Waals surface area contributed by atoms with E-state index in [9.17, 15) is 4.39 Å². The van der Waals surface area contributed by atoms with Crippen molar-refractivity contribution in [3.05, 3.63) is 102 Å². The van der Waals surface area contributed by atoms with Gasteiger partial charge in [-0.3, -0.25) is 9.97 Å². The highest BCUT2D eigenvalue weighted by Crippen LogP contribution is 2.23. The fourth-order valence-corrected chi connectivity index (χ4v) is 2.86. The number of nitrogens with zero attached hydrogens (tertiary/aromatic N) is 3. The molecule has 0 bridgehead atoms. The van der Waals surface area contributed by atoms with E-state index in [-0.39, 0.29) is 5.82 Å². The number of benzene rings is 1. The molecule has 0 aliphatic rings. The van der Waals surface area contributed by atoms with Gasteiger partial charge < -0.3 is 10.2 Å². The molecule has 0 radical (unpaired) electrons. The molecular formula is C24H25FN4. The number of halogens is 1. The van der Waals surface area contributed by atoms with Crippen LogP contribution in [0.3, 0.4) is 0 Å². The minimum atomic E-state index is -0.288. The molecule has 0 aliphatic carbocycles. The predicted molar refractivity (Wildman–Crippen MR) is 116 cm³/mol. The molecule has 148 valence electrons. The second-order valence-electron chi connectivity index (χ2n) is 6.98. The zero-order valence-electron chi connectivity index (χ0n) is 16.8. The second kappa shape index (κ2) is 9.15. The molecular weight excluding hydrogens is 363 g/mol. The fraction of sp³-hybridized carbons (Fsp3) is 0.167. The van der Waals surface area contributed by atoms with Gasteiger partial charge in [0.25, 0.3) is 0 Å². The number of pyridine rings is 2. The molecule has 5 heteroatoms. The van der Waals surface area contributed by atoms with E-state index < -0.39 is 0 Å². The Kier molecular flexibility index (Phi) is 6.39. The molecule has 2 heterocycles. The van der Waals surface area contributed by atoms with Gasteiger partial charge in [-0.15, -0.1) is 0 Å². The van der Waals surface area contributed by atoms with Crippen LogP contribution in [0.15, 0.2) is 74.2 Å². The Morgan fingerprint density at radius 2 is 1.90 bits per heavy atom. The van der Waals surface area contributed by atoms with Crippen molar-refractivity contribution in [2.24, 2.45) is 0 Å². The van der Waals surface area contributed by atoms with E-state index in [1.807, 2.05) is 55.4 Å². The van der Waals surface area contributed by atoms with Crippen LogP contribution >= 0.6 is 0 Å². The Hall–Kier alpha value is -3.47. The van der Waals surface area contributed by atoms with Crippen LogP contribution in [0.5, 0.6) is 0 Å². The van der Waals surface area contributed by atoms with Crippen molar-refractivity contribution in [2.45, 2.75) is 20.0 Å². The van der Waals surface area contributed by atoms with Crippen LogP contribution in [0.2, 0.25) is 0 Å². The Balaban J connectivity index is 1.67. The van der Waals surface area contributed by atoms with Crippen molar-refractivity contribution in [1.82, 2.24) is 20.2 Å². The maximum atomic E-state index is 14.6. The highest BCUT2D eigenvalue weighted by atomic mass is 19.1. The summed E-state index contributed by atoms with van der Waals surface area (Å²) < 4.78 is 14.6. The average Bonchev–Trinajstić information content (AvgIpc) is 2.73. The van der Waals surface area contributed by atoms with E-state index >= 15 is 0 Å². The lowest BCUT2D eigenvalue weighted by atomic mass is 10.1. The first-order valence-corrected chi connectivity index (χ1v) is 9.38. The number of aromatic nitrogens is 2. The fourth-order valence-electron chi connectivity index (χ4n) is 2.86. The molecule has 1 N–H and O–H groups in total. The third-order valence-corrected chi connectivity index (χ3v) is 4.64. The Morgan fingerprint density at radius 3 is 2.52 bits per heavy atom. The third-order valence-electron chi connectivity index (χ3n) is 4.64. The molecule has 0 aliphatic heterocycles. The minimum absolute atomic E-state index is 0.288. The molecule has 2 aromatic heterocycles. The molecule has 0 spiro atoms. The zero-order valence-corrected chi connectivity index (χ0v) is 16.8. The van der Waals surface area contributed by atoms with Gasteiger partial charge in [0, 0.05) is 55.0 Å². The van der Waals surface area contributed by atoms with Crippen LogP contribution in [-0.2, 0) is 13.1 Å². The normalized spacial score (nSPS) is 10.4. The molecule has 29 heavy (non-hydrogen) atoms. The largest absolute Gasteiger partial charge is 0.381 e. The highest BCUT2D eigenvalue weighted by Gasteiger charge is 2.09. The molecule has 4 nitrogen and oxygen atoms in total. The molecule has 3 aromatic rings. The van der Waals surface area contributed by atoms with Gasteiger partial charge in [-0.2, -0.15) is 0 Å². The molecule has 1 aromatic carbocycles. The summed E-state index contributed by atoms with van der Waals surface area (Å²) in [5.74, 6) is -0.288. The van der Waals surface area contributed by atoms with E-state index in [1.165, 1.54) is 0 Å². The Bertz CT molecular complexity index is 994. The average molecular weight is 388 g/mol. The number of hydrogen-bond donors (Lipinski definition) is 1. The van der Waals surface area contributed by atoms with Gasteiger partial charge in [0.15, 0.2) is 0 Å². The van der Waals surface area contributed by atoms with Crippen LogP contribution in [-0.4, -0.2) is 21.9 Å². The number of hydrogen-bond acceptors (Lipinski definition) is 4. The highest BCUT2D eigenvalue weighted by molar-refractivity contribution is 5.65. The Morgan fingerprint density at radius 1 is 1.10 bits per heavy atom. The van der Waals surface area contributed by atoms with Crippen LogP contribution in [0.25, 0.3) is 17.0 Å². The first kappa shape index (κ1) is 20.3. The number of nitrogens with one attached hydrogen (secondary N) is 1. The first-order chi connectivity index (χ1) is 14.0.